The van der Waals surface area contributed by atoms with Gasteiger partial charge in [0.05, 0.1) is 18.1 Å². The summed E-state index contributed by atoms with van der Waals surface area (Å²) in [7, 11) is 1.27. The van der Waals surface area contributed by atoms with E-state index in [9.17, 15) is 23.3 Å². The van der Waals surface area contributed by atoms with Gasteiger partial charge in [-0.2, -0.15) is 13.2 Å². The summed E-state index contributed by atoms with van der Waals surface area (Å²) in [6, 6.07) is 2.33. The number of hydrogen-bond donors (Lipinski definition) is 1. The number of nitro benzene ring substituents is 1. The molecule has 0 radical (unpaired) electrons. The van der Waals surface area contributed by atoms with E-state index < -0.39 is 17.7 Å². The van der Waals surface area contributed by atoms with Crippen LogP contribution in [0.3, 0.4) is 0 Å². The second kappa shape index (κ2) is 9.23. The predicted molar refractivity (Wildman–Crippen MR) is 93.1 cm³/mol. The zero-order chi connectivity index (χ0) is 20.0. The van der Waals surface area contributed by atoms with Gasteiger partial charge in [-0.1, -0.05) is 6.92 Å². The summed E-state index contributed by atoms with van der Waals surface area (Å²) in [5.74, 6) is 0.194. The lowest BCUT2D eigenvalue weighted by Crippen LogP contribution is -2.26. The average Bonchev–Trinajstić information content (AvgIpc) is 3.07. The molecule has 0 saturated carbocycles. The molecule has 152 valence electrons. The van der Waals surface area contributed by atoms with Crippen LogP contribution in [0.4, 0.5) is 18.9 Å². The minimum absolute atomic E-state index is 0.0275. The van der Waals surface area contributed by atoms with Gasteiger partial charge in [0.1, 0.15) is 0 Å². The van der Waals surface area contributed by atoms with Crippen LogP contribution < -0.4 is 14.8 Å². The first-order valence-corrected chi connectivity index (χ1v) is 8.71. The van der Waals surface area contributed by atoms with Crippen molar-refractivity contribution in [1.82, 2.24) is 10.2 Å². The molecule has 2 rings (SSSR count). The van der Waals surface area contributed by atoms with Crippen LogP contribution in [0.15, 0.2) is 12.1 Å². The van der Waals surface area contributed by atoms with E-state index in [1.165, 1.54) is 13.2 Å². The molecule has 7 nitrogen and oxygen atoms in total. The fraction of sp³-hybridized carbons (Fsp3) is 0.647. The maximum Gasteiger partial charge on any atom is 0.422 e. The zero-order valence-electron chi connectivity index (χ0n) is 15.3. The van der Waals surface area contributed by atoms with E-state index in [1.807, 2.05) is 0 Å². The van der Waals surface area contributed by atoms with Crippen molar-refractivity contribution in [2.24, 2.45) is 5.92 Å². The summed E-state index contributed by atoms with van der Waals surface area (Å²) < 4.78 is 46.8. The van der Waals surface area contributed by atoms with Crippen molar-refractivity contribution in [2.75, 3.05) is 39.9 Å². The fourth-order valence-corrected chi connectivity index (χ4v) is 3.11. The highest BCUT2D eigenvalue weighted by Gasteiger charge is 2.30. The monoisotopic (exact) mass is 391 g/mol. The van der Waals surface area contributed by atoms with Crippen LogP contribution >= 0.6 is 0 Å². The smallest absolute Gasteiger partial charge is 0.422 e. The zero-order valence-corrected chi connectivity index (χ0v) is 15.3. The van der Waals surface area contributed by atoms with Crippen LogP contribution in [0.2, 0.25) is 0 Å². The number of nitrogens with one attached hydrogen (secondary N) is 1. The second-order valence-electron chi connectivity index (χ2n) is 6.47. The van der Waals surface area contributed by atoms with Crippen molar-refractivity contribution in [3.8, 4) is 11.5 Å². The highest BCUT2D eigenvalue weighted by atomic mass is 19.4. The van der Waals surface area contributed by atoms with Gasteiger partial charge in [-0.05, 0) is 38.0 Å². The van der Waals surface area contributed by atoms with Gasteiger partial charge in [-0.25, -0.2) is 0 Å². The Hall–Kier alpha value is -2.07. The van der Waals surface area contributed by atoms with E-state index >= 15 is 0 Å². The van der Waals surface area contributed by atoms with Gasteiger partial charge in [0.15, 0.2) is 18.1 Å². The highest BCUT2D eigenvalue weighted by molar-refractivity contribution is 5.54. The minimum Gasteiger partial charge on any atom is -0.493 e. The Kier molecular flexibility index (Phi) is 7.25. The quantitative estimate of drug-likeness (QED) is 0.515. The lowest BCUT2D eigenvalue weighted by atomic mass is 10.1. The fourth-order valence-electron chi connectivity index (χ4n) is 3.11. The van der Waals surface area contributed by atoms with Crippen molar-refractivity contribution in [3.05, 3.63) is 27.8 Å². The van der Waals surface area contributed by atoms with Gasteiger partial charge in [-0.15, -0.1) is 0 Å². The van der Waals surface area contributed by atoms with Crippen molar-refractivity contribution in [2.45, 2.75) is 26.1 Å². The van der Waals surface area contributed by atoms with Crippen molar-refractivity contribution < 1.29 is 27.6 Å². The Labute approximate surface area is 155 Å². The third kappa shape index (κ3) is 6.24. The Morgan fingerprint density at radius 1 is 1.37 bits per heavy atom. The van der Waals surface area contributed by atoms with E-state index in [1.54, 1.807) is 0 Å². The van der Waals surface area contributed by atoms with Crippen molar-refractivity contribution in [3.63, 3.8) is 0 Å². The minimum atomic E-state index is -4.55. The van der Waals surface area contributed by atoms with E-state index in [0.29, 0.717) is 18.0 Å². The molecule has 0 aliphatic carbocycles. The average molecular weight is 391 g/mol. The van der Waals surface area contributed by atoms with Gasteiger partial charge in [0.25, 0.3) is 5.69 Å². The van der Waals surface area contributed by atoms with Gasteiger partial charge in [0.2, 0.25) is 0 Å². The topological polar surface area (TPSA) is 76.9 Å². The summed E-state index contributed by atoms with van der Waals surface area (Å²) in [5, 5.41) is 14.5. The first-order chi connectivity index (χ1) is 12.7. The Morgan fingerprint density at radius 2 is 2.11 bits per heavy atom. The number of alkyl halides is 3. The molecule has 1 aliphatic heterocycles. The van der Waals surface area contributed by atoms with Gasteiger partial charge >= 0.3 is 6.18 Å². The number of rotatable bonds is 9. The largest absolute Gasteiger partial charge is 0.493 e. The van der Waals surface area contributed by atoms with E-state index in [2.05, 4.69) is 21.9 Å². The van der Waals surface area contributed by atoms with Crippen LogP contribution in [0.5, 0.6) is 11.5 Å². The van der Waals surface area contributed by atoms with Gasteiger partial charge in [0, 0.05) is 18.7 Å². The molecule has 1 fully saturated rings. The number of nitrogens with zero attached hydrogens (tertiary/aromatic N) is 2. The lowest BCUT2D eigenvalue weighted by Gasteiger charge is -2.15. The Bertz CT molecular complexity index is 655. The number of hydrogen-bond acceptors (Lipinski definition) is 6. The number of nitro groups is 1. The summed E-state index contributed by atoms with van der Waals surface area (Å²) in [6.45, 7) is 4.51. The molecule has 0 spiro atoms. The van der Waals surface area contributed by atoms with Crippen LogP contribution in [-0.4, -0.2) is 55.9 Å². The molecular formula is C17H24F3N3O4. The summed E-state index contributed by atoms with van der Waals surface area (Å²) in [4.78, 5) is 13.0. The molecule has 1 saturated heterocycles. The van der Waals surface area contributed by atoms with E-state index in [0.717, 1.165) is 32.1 Å². The Balaban J connectivity index is 2.07. The third-order valence-electron chi connectivity index (χ3n) is 4.52. The molecule has 10 heteroatoms. The summed E-state index contributed by atoms with van der Waals surface area (Å²) in [6.07, 6.45) is -3.48. The molecule has 27 heavy (non-hydrogen) atoms. The maximum atomic E-state index is 12.4. The number of methoxy groups -OCH3 is 1. The standard InChI is InChI=1S/C17H24F3N3O4/c1-3-22-5-4-12(10-22)8-21-9-13-6-15(26-2)16(7-14(13)23(24)25)27-11-17(18,19)20/h6-7,12,21H,3-5,8-11H2,1-2H3. The van der Waals surface area contributed by atoms with Crippen molar-refractivity contribution >= 4 is 5.69 Å². The molecular weight excluding hydrogens is 367 g/mol. The number of benzene rings is 1. The number of ether oxygens (including phenoxy) is 2. The first kappa shape index (κ1) is 21.2. The normalized spacial score (nSPS) is 17.9. The third-order valence-corrected chi connectivity index (χ3v) is 4.52. The van der Waals surface area contributed by atoms with E-state index in [4.69, 9.17) is 4.74 Å². The second-order valence-corrected chi connectivity index (χ2v) is 6.47. The molecule has 0 bridgehead atoms. The lowest BCUT2D eigenvalue weighted by molar-refractivity contribution is -0.385. The predicted octanol–water partition coefficient (Wildman–Crippen LogP) is 2.98. The highest BCUT2D eigenvalue weighted by Crippen LogP contribution is 2.35. The Morgan fingerprint density at radius 3 is 2.67 bits per heavy atom. The van der Waals surface area contributed by atoms with Crippen LogP contribution in [0.1, 0.15) is 18.9 Å². The van der Waals surface area contributed by atoms with Crippen LogP contribution in [0, 0.1) is 16.0 Å². The molecule has 0 amide bonds. The van der Waals surface area contributed by atoms with Gasteiger partial charge in [-0.3, -0.25) is 10.1 Å². The summed E-state index contributed by atoms with van der Waals surface area (Å²) >= 11 is 0. The molecule has 1 heterocycles. The van der Waals surface area contributed by atoms with Crippen molar-refractivity contribution in [1.29, 1.82) is 0 Å². The molecule has 0 aromatic heterocycles. The number of likely N-dealkylation sites (tertiary alicyclic amines) is 1. The molecule has 1 N–H and O–H groups in total. The van der Waals surface area contributed by atoms with Gasteiger partial charge < -0.3 is 19.7 Å². The maximum absolute atomic E-state index is 12.4. The molecule has 1 aliphatic rings. The SMILES string of the molecule is CCN1CCC(CNCc2cc(OC)c(OCC(F)(F)F)cc2[N+](=O)[O-])C1. The van der Waals surface area contributed by atoms with E-state index in [-0.39, 0.29) is 23.7 Å². The summed E-state index contributed by atoms with van der Waals surface area (Å²) in [5.41, 5.74) is 0.0311. The molecule has 1 unspecified atom stereocenters. The first-order valence-electron chi connectivity index (χ1n) is 8.71. The molecule has 1 atom stereocenters. The molecule has 1 aromatic carbocycles. The molecule has 1 aromatic rings. The van der Waals surface area contributed by atoms with Crippen LogP contribution in [0.25, 0.3) is 0 Å². The number of halogens is 3. The van der Waals surface area contributed by atoms with Crippen LogP contribution in [-0.2, 0) is 6.54 Å².